The highest BCUT2D eigenvalue weighted by Crippen LogP contribution is 2.45. The molecule has 2 heterocycles. The molecule has 2 aromatic heterocycles. The Bertz CT molecular complexity index is 1760. The van der Waals surface area contributed by atoms with Crippen molar-refractivity contribution in [1.29, 1.82) is 0 Å². The highest BCUT2D eigenvalue weighted by molar-refractivity contribution is 6.14. The number of aromatic nitrogens is 2. The summed E-state index contributed by atoms with van der Waals surface area (Å²) in [5.74, 6) is -1.74. The van der Waals surface area contributed by atoms with Gasteiger partial charge in [0.15, 0.2) is 0 Å². The van der Waals surface area contributed by atoms with Crippen LogP contribution in [0.4, 0.5) is 14.5 Å². The van der Waals surface area contributed by atoms with Gasteiger partial charge in [-0.05, 0) is 79.4 Å². The molecule has 1 fully saturated rings. The maximum absolute atomic E-state index is 14.7. The lowest BCUT2D eigenvalue weighted by molar-refractivity contribution is 0.0929. The summed E-state index contributed by atoms with van der Waals surface area (Å²) in [4.78, 5) is 28.8. The number of halogens is 2. The molecule has 0 saturated heterocycles. The van der Waals surface area contributed by atoms with Gasteiger partial charge in [0.2, 0.25) is 5.95 Å². The summed E-state index contributed by atoms with van der Waals surface area (Å²) >= 11 is 0. The average molecular weight is 537 g/mol. The number of rotatable bonds is 6. The van der Waals surface area contributed by atoms with Crippen LogP contribution in [0.3, 0.4) is 0 Å². The van der Waals surface area contributed by atoms with Crippen LogP contribution in [0.2, 0.25) is 0 Å². The molecule has 8 heteroatoms. The lowest BCUT2D eigenvalue weighted by Gasteiger charge is -2.22. The Kier molecular flexibility index (Phi) is 6.18. The van der Waals surface area contributed by atoms with Crippen molar-refractivity contribution in [1.82, 2.24) is 14.9 Å². The number of aryl methyl sites for hydroxylation is 1. The molecule has 200 valence electrons. The summed E-state index contributed by atoms with van der Waals surface area (Å²) in [6.45, 7) is 1.85. The maximum atomic E-state index is 14.7. The Labute approximate surface area is 229 Å². The first-order valence-electron chi connectivity index (χ1n) is 13.0. The fraction of sp³-hybridized carbons (Fsp3) is 0.156. The van der Waals surface area contributed by atoms with Crippen LogP contribution in [0, 0.1) is 18.7 Å². The van der Waals surface area contributed by atoms with Gasteiger partial charge in [-0.15, -0.1) is 0 Å². The van der Waals surface area contributed by atoms with E-state index in [9.17, 15) is 18.4 Å². The summed E-state index contributed by atoms with van der Waals surface area (Å²) in [7, 11) is 1.61. The molecule has 1 aliphatic rings. The van der Waals surface area contributed by atoms with Gasteiger partial charge in [0.25, 0.3) is 11.8 Å². The predicted molar refractivity (Wildman–Crippen MR) is 149 cm³/mol. The highest BCUT2D eigenvalue weighted by atomic mass is 19.1. The Morgan fingerprint density at radius 2 is 1.65 bits per heavy atom. The zero-order valence-electron chi connectivity index (χ0n) is 22.0. The number of anilines is 1. The Hall–Kier alpha value is -4.85. The molecule has 1 aliphatic carbocycles. The van der Waals surface area contributed by atoms with E-state index in [2.05, 4.69) is 10.4 Å². The minimum Gasteiger partial charge on any atom is -0.343 e. The molecule has 0 atom stereocenters. The van der Waals surface area contributed by atoms with E-state index in [0.717, 1.165) is 28.5 Å². The van der Waals surface area contributed by atoms with Crippen LogP contribution in [0.5, 0.6) is 0 Å². The van der Waals surface area contributed by atoms with Gasteiger partial charge in [0, 0.05) is 23.9 Å². The molecule has 0 aliphatic heterocycles. The molecule has 6 rings (SSSR count). The van der Waals surface area contributed by atoms with Crippen molar-refractivity contribution < 1.29 is 18.4 Å². The molecule has 1 N–H and O–H groups in total. The van der Waals surface area contributed by atoms with Crippen LogP contribution < -0.4 is 10.2 Å². The van der Waals surface area contributed by atoms with Crippen LogP contribution in [0.15, 0.2) is 91.0 Å². The molecule has 40 heavy (non-hydrogen) atoms. The fourth-order valence-corrected chi connectivity index (χ4v) is 5.10. The van der Waals surface area contributed by atoms with Gasteiger partial charge in [-0.25, -0.2) is 8.91 Å². The van der Waals surface area contributed by atoms with Crippen molar-refractivity contribution >= 4 is 23.0 Å². The molecule has 5 aromatic rings. The topological polar surface area (TPSA) is 66.7 Å². The van der Waals surface area contributed by atoms with Crippen molar-refractivity contribution in [2.75, 3.05) is 11.9 Å². The first kappa shape index (κ1) is 25.4. The third-order valence-electron chi connectivity index (χ3n) is 7.51. The standard InChI is InChI=1S/C32H26F2N4O2/c1-20-11-12-22(30(39)35-32(17-18-32)23-7-4-3-5-8-23)19-26(20)37(2)31(40)28-25-9-6-10-27(34)38(25)36-29(28)21-13-15-24(33)16-14-21/h3-16,19H,17-18H2,1-2H3,(H,35,39). The summed E-state index contributed by atoms with van der Waals surface area (Å²) < 4.78 is 29.4. The van der Waals surface area contributed by atoms with Gasteiger partial charge in [0.05, 0.1) is 16.6 Å². The molecule has 6 nitrogen and oxygen atoms in total. The second-order valence-corrected chi connectivity index (χ2v) is 10.1. The van der Waals surface area contributed by atoms with Gasteiger partial charge in [-0.2, -0.15) is 9.49 Å². The quantitative estimate of drug-likeness (QED) is 0.260. The van der Waals surface area contributed by atoms with Gasteiger partial charge in [-0.3, -0.25) is 9.59 Å². The van der Waals surface area contributed by atoms with E-state index in [4.69, 9.17) is 0 Å². The second-order valence-electron chi connectivity index (χ2n) is 10.1. The van der Waals surface area contributed by atoms with E-state index in [1.54, 1.807) is 31.3 Å². The SMILES string of the molecule is Cc1ccc(C(=O)NC2(c3ccccc3)CC2)cc1N(C)C(=O)c1c(-c2ccc(F)cc2)nn2c(F)cccc12. The molecule has 2 amide bonds. The molecule has 0 bridgehead atoms. The zero-order chi connectivity index (χ0) is 28.0. The number of nitrogens with zero attached hydrogens (tertiary/aromatic N) is 3. The number of fused-ring (bicyclic) bond motifs is 1. The van der Waals surface area contributed by atoms with E-state index < -0.39 is 17.7 Å². The number of hydrogen-bond donors (Lipinski definition) is 1. The molecule has 3 aromatic carbocycles. The lowest BCUT2D eigenvalue weighted by atomic mass is 10.0. The third-order valence-corrected chi connectivity index (χ3v) is 7.51. The molecule has 0 spiro atoms. The Morgan fingerprint density at radius 1 is 0.925 bits per heavy atom. The van der Waals surface area contributed by atoms with Crippen molar-refractivity contribution in [2.24, 2.45) is 0 Å². The monoisotopic (exact) mass is 536 g/mol. The van der Waals surface area contributed by atoms with E-state index in [1.807, 2.05) is 37.3 Å². The molecule has 0 radical (unpaired) electrons. The van der Waals surface area contributed by atoms with Gasteiger partial charge < -0.3 is 10.2 Å². The zero-order valence-corrected chi connectivity index (χ0v) is 22.0. The van der Waals surface area contributed by atoms with Crippen LogP contribution >= 0.6 is 0 Å². The average Bonchev–Trinajstić information content (AvgIpc) is 3.64. The molecular formula is C32H26F2N4O2. The summed E-state index contributed by atoms with van der Waals surface area (Å²) in [6.07, 6.45) is 1.72. The normalized spacial score (nSPS) is 13.7. The lowest BCUT2D eigenvalue weighted by Crippen LogP contribution is -2.35. The number of amides is 2. The fourth-order valence-electron chi connectivity index (χ4n) is 5.10. The molecule has 1 saturated carbocycles. The van der Waals surface area contributed by atoms with Crippen molar-refractivity contribution in [3.05, 3.63) is 125 Å². The largest absolute Gasteiger partial charge is 0.343 e. The Balaban J connectivity index is 1.36. The van der Waals surface area contributed by atoms with Crippen LogP contribution in [-0.4, -0.2) is 28.5 Å². The van der Waals surface area contributed by atoms with E-state index >= 15 is 0 Å². The number of hydrogen-bond acceptors (Lipinski definition) is 3. The first-order chi connectivity index (χ1) is 19.3. The summed E-state index contributed by atoms with van der Waals surface area (Å²) in [6, 6.07) is 25.0. The minimum atomic E-state index is -0.634. The Morgan fingerprint density at radius 3 is 2.35 bits per heavy atom. The predicted octanol–water partition coefficient (Wildman–Crippen LogP) is 6.28. The molecule has 0 unspecified atom stereocenters. The minimum absolute atomic E-state index is 0.170. The van der Waals surface area contributed by atoms with Crippen molar-refractivity contribution in [3.8, 4) is 11.3 Å². The number of pyridine rings is 1. The van der Waals surface area contributed by atoms with Crippen LogP contribution in [0.1, 0.15) is 44.7 Å². The maximum Gasteiger partial charge on any atom is 0.262 e. The van der Waals surface area contributed by atoms with Crippen LogP contribution in [-0.2, 0) is 5.54 Å². The van der Waals surface area contributed by atoms with E-state index in [-0.39, 0.29) is 28.2 Å². The van der Waals surface area contributed by atoms with E-state index in [1.165, 1.54) is 41.3 Å². The van der Waals surface area contributed by atoms with Gasteiger partial charge in [-0.1, -0.05) is 42.5 Å². The van der Waals surface area contributed by atoms with E-state index in [0.29, 0.717) is 16.8 Å². The smallest absolute Gasteiger partial charge is 0.262 e. The summed E-state index contributed by atoms with van der Waals surface area (Å²) in [5.41, 5.74) is 3.57. The number of carbonyl (C=O) groups is 2. The number of benzene rings is 3. The summed E-state index contributed by atoms with van der Waals surface area (Å²) in [5, 5.41) is 7.54. The second kappa shape index (κ2) is 9.72. The number of nitrogens with one attached hydrogen (secondary N) is 1. The first-order valence-corrected chi connectivity index (χ1v) is 13.0. The van der Waals surface area contributed by atoms with Crippen molar-refractivity contribution in [2.45, 2.75) is 25.3 Å². The van der Waals surface area contributed by atoms with Gasteiger partial charge in [0.1, 0.15) is 11.5 Å². The molecular weight excluding hydrogens is 510 g/mol. The van der Waals surface area contributed by atoms with Crippen molar-refractivity contribution in [3.63, 3.8) is 0 Å². The highest BCUT2D eigenvalue weighted by Gasteiger charge is 2.45. The van der Waals surface area contributed by atoms with Crippen LogP contribution in [0.25, 0.3) is 16.8 Å². The van der Waals surface area contributed by atoms with Gasteiger partial charge >= 0.3 is 0 Å². The third kappa shape index (κ3) is 4.41. The number of carbonyl (C=O) groups excluding carboxylic acids is 2.